The molecule has 0 amide bonds. The maximum Gasteiger partial charge on any atom is 0.0148 e. The van der Waals surface area contributed by atoms with Crippen molar-refractivity contribution in [3.05, 3.63) is 143 Å². The highest BCUT2D eigenvalue weighted by Crippen LogP contribution is 2.40. The van der Waals surface area contributed by atoms with Crippen molar-refractivity contribution in [2.24, 2.45) is 10.8 Å². The number of hydrogen-bond acceptors (Lipinski definition) is 0. The standard InChI is InChI=1S/C36H30/c1-5-15-35(16-6-2)19-13-27-25(23-35)21-33-29(27)9-11-32-31(33)12-10-30-28-14-20-36(17-7-3,18-8-4)24-26(28)22-34(30)32/h5-9,11-12,14,19-24H,1-4,15-18H2. The minimum Gasteiger partial charge on any atom is -0.103 e. The topological polar surface area (TPSA) is 0 Å². The fourth-order valence-corrected chi connectivity index (χ4v) is 6.37. The zero-order valence-electron chi connectivity index (χ0n) is 20.7. The van der Waals surface area contributed by atoms with Crippen LogP contribution in [-0.2, 0) is 0 Å². The fourth-order valence-electron chi connectivity index (χ4n) is 6.37. The van der Waals surface area contributed by atoms with Crippen LogP contribution >= 0.6 is 0 Å². The highest BCUT2D eigenvalue weighted by Gasteiger charge is 2.29. The SMILES string of the molecule is C=CCC1(CC=C)C=CC2=c3[c]cc4c5c(ccc4c3=CC2=C1)=C1[C]=CC(CC=C)(CC=C)C=C1C=5. The van der Waals surface area contributed by atoms with Gasteiger partial charge in [-0.3, -0.25) is 0 Å². The van der Waals surface area contributed by atoms with Gasteiger partial charge in [-0.1, -0.05) is 66.8 Å². The molecule has 0 saturated heterocycles. The van der Waals surface area contributed by atoms with Gasteiger partial charge in [-0.15, -0.1) is 26.3 Å². The molecule has 6 rings (SSSR count). The second-order valence-electron chi connectivity index (χ2n) is 10.4. The van der Waals surface area contributed by atoms with E-state index in [9.17, 15) is 0 Å². The lowest BCUT2D eigenvalue weighted by Crippen LogP contribution is -2.30. The van der Waals surface area contributed by atoms with E-state index >= 15 is 0 Å². The van der Waals surface area contributed by atoms with Gasteiger partial charge in [-0.25, -0.2) is 0 Å². The molecule has 0 nitrogen and oxygen atoms in total. The Morgan fingerprint density at radius 3 is 2.14 bits per heavy atom. The van der Waals surface area contributed by atoms with Gasteiger partial charge in [-0.2, -0.15) is 0 Å². The minimum absolute atomic E-state index is 0.0456. The molecule has 4 aliphatic carbocycles. The molecule has 0 unspecified atom stereocenters. The smallest absolute Gasteiger partial charge is 0.0148 e. The third kappa shape index (κ3) is 3.28. The van der Waals surface area contributed by atoms with Crippen molar-refractivity contribution in [1.29, 1.82) is 0 Å². The molecule has 0 bridgehead atoms. The van der Waals surface area contributed by atoms with E-state index in [-0.39, 0.29) is 10.8 Å². The summed E-state index contributed by atoms with van der Waals surface area (Å²) >= 11 is 0. The fraction of sp³-hybridized carbons (Fsp3) is 0.167. The van der Waals surface area contributed by atoms with Crippen LogP contribution in [0.15, 0.2) is 110 Å². The molecule has 0 saturated carbocycles. The van der Waals surface area contributed by atoms with E-state index in [1.807, 2.05) is 24.3 Å². The number of benzene rings is 2. The molecule has 174 valence electrons. The van der Waals surface area contributed by atoms with Crippen molar-refractivity contribution in [2.45, 2.75) is 25.7 Å². The first kappa shape index (κ1) is 22.6. The molecule has 2 aromatic rings. The van der Waals surface area contributed by atoms with Gasteiger partial charge in [0.15, 0.2) is 0 Å². The second kappa shape index (κ2) is 8.35. The maximum absolute atomic E-state index is 3.99. The van der Waals surface area contributed by atoms with Crippen LogP contribution in [0.25, 0.3) is 34.1 Å². The third-order valence-electron chi connectivity index (χ3n) is 8.01. The van der Waals surface area contributed by atoms with Gasteiger partial charge in [0, 0.05) is 10.8 Å². The van der Waals surface area contributed by atoms with Crippen molar-refractivity contribution in [1.82, 2.24) is 0 Å². The van der Waals surface area contributed by atoms with Gasteiger partial charge in [-0.05, 0) is 110 Å². The van der Waals surface area contributed by atoms with Crippen LogP contribution in [0.2, 0.25) is 0 Å². The molecule has 0 N–H and O–H groups in total. The molecule has 0 heteroatoms. The van der Waals surface area contributed by atoms with E-state index in [1.165, 1.54) is 53.9 Å². The van der Waals surface area contributed by atoms with Crippen LogP contribution in [0.1, 0.15) is 25.7 Å². The van der Waals surface area contributed by atoms with Crippen LogP contribution in [0, 0.1) is 23.0 Å². The lowest BCUT2D eigenvalue weighted by molar-refractivity contribution is 0.503. The van der Waals surface area contributed by atoms with E-state index in [4.69, 9.17) is 0 Å². The molecular weight excluding hydrogens is 432 g/mol. The Labute approximate surface area is 213 Å². The summed E-state index contributed by atoms with van der Waals surface area (Å²) in [6.45, 7) is 16.0. The third-order valence-corrected chi connectivity index (χ3v) is 8.01. The van der Waals surface area contributed by atoms with E-state index in [0.29, 0.717) is 0 Å². The first-order valence-electron chi connectivity index (χ1n) is 12.7. The lowest BCUT2D eigenvalue weighted by atomic mass is 9.75. The largest absolute Gasteiger partial charge is 0.103 e. The second-order valence-corrected chi connectivity index (χ2v) is 10.4. The Kier molecular flexibility index (Phi) is 5.23. The van der Waals surface area contributed by atoms with Gasteiger partial charge in [0.25, 0.3) is 0 Å². The van der Waals surface area contributed by atoms with E-state index in [2.05, 4.69) is 99.2 Å². The predicted molar refractivity (Wildman–Crippen MR) is 154 cm³/mol. The number of rotatable bonds is 8. The number of hydrogen-bond donors (Lipinski definition) is 0. The zero-order chi connectivity index (χ0) is 24.9. The summed E-state index contributed by atoms with van der Waals surface area (Å²) in [7, 11) is 0. The van der Waals surface area contributed by atoms with E-state index in [0.717, 1.165) is 25.7 Å². The molecule has 2 aromatic carbocycles. The van der Waals surface area contributed by atoms with Crippen molar-refractivity contribution in [3.8, 4) is 0 Å². The van der Waals surface area contributed by atoms with Crippen LogP contribution in [-0.4, -0.2) is 0 Å². The average molecular weight is 463 g/mol. The summed E-state index contributed by atoms with van der Waals surface area (Å²) in [5.41, 5.74) is 4.85. The molecule has 0 aromatic heterocycles. The van der Waals surface area contributed by atoms with Crippen LogP contribution in [0.3, 0.4) is 0 Å². The Bertz CT molecular complexity index is 1590. The summed E-state index contributed by atoms with van der Waals surface area (Å²) in [5.74, 6) is 0. The van der Waals surface area contributed by atoms with Gasteiger partial charge >= 0.3 is 0 Å². The summed E-state index contributed by atoms with van der Waals surface area (Å²) in [6, 6.07) is 10.4. The molecule has 0 atom stereocenters. The highest BCUT2D eigenvalue weighted by molar-refractivity contribution is 5.98. The summed E-state index contributed by atoms with van der Waals surface area (Å²) in [5, 5.41) is 7.51. The number of allylic oxidation sites excluding steroid dienone is 12. The zero-order valence-corrected chi connectivity index (χ0v) is 20.7. The highest BCUT2D eigenvalue weighted by atomic mass is 14.3. The first-order chi connectivity index (χ1) is 17.6. The van der Waals surface area contributed by atoms with Crippen LogP contribution in [0.4, 0.5) is 0 Å². The van der Waals surface area contributed by atoms with Crippen LogP contribution in [0.5, 0.6) is 0 Å². The normalized spacial score (nSPS) is 19.2. The summed E-state index contributed by atoms with van der Waals surface area (Å²) < 4.78 is 0. The lowest BCUT2D eigenvalue weighted by Gasteiger charge is -2.29. The molecule has 0 fully saturated rings. The van der Waals surface area contributed by atoms with Crippen LogP contribution < -0.4 is 20.9 Å². The summed E-state index contributed by atoms with van der Waals surface area (Å²) in [6.07, 6.45) is 31.5. The maximum atomic E-state index is 3.99. The Morgan fingerprint density at radius 1 is 0.750 bits per heavy atom. The number of fused-ring (bicyclic) bond motifs is 7. The van der Waals surface area contributed by atoms with Crippen molar-refractivity contribution in [2.75, 3.05) is 0 Å². The molecule has 0 aliphatic heterocycles. The molecular formula is C36H30. The monoisotopic (exact) mass is 462 g/mol. The molecule has 4 aliphatic rings. The predicted octanol–water partition coefficient (Wildman–Crippen LogP) is 5.60. The summed E-state index contributed by atoms with van der Waals surface area (Å²) in [4.78, 5) is 0. The minimum atomic E-state index is -0.0909. The van der Waals surface area contributed by atoms with Gasteiger partial charge in [0.05, 0.1) is 0 Å². The quantitative estimate of drug-likeness (QED) is 0.448. The van der Waals surface area contributed by atoms with Crippen molar-refractivity contribution >= 4 is 34.1 Å². The van der Waals surface area contributed by atoms with E-state index in [1.54, 1.807) is 0 Å². The Hall–Kier alpha value is -3.90. The Morgan fingerprint density at radius 2 is 1.42 bits per heavy atom. The molecule has 2 radical (unpaired) electrons. The van der Waals surface area contributed by atoms with Crippen molar-refractivity contribution in [3.63, 3.8) is 0 Å². The molecule has 0 heterocycles. The van der Waals surface area contributed by atoms with Crippen molar-refractivity contribution < 1.29 is 0 Å². The average Bonchev–Trinajstić information content (AvgIpc) is 3.41. The van der Waals surface area contributed by atoms with Gasteiger partial charge in [0.2, 0.25) is 0 Å². The van der Waals surface area contributed by atoms with Gasteiger partial charge < -0.3 is 0 Å². The van der Waals surface area contributed by atoms with Gasteiger partial charge in [0.1, 0.15) is 0 Å². The first-order valence-corrected chi connectivity index (χ1v) is 12.7. The Balaban J connectivity index is 1.55. The molecule has 0 spiro atoms. The molecule has 36 heavy (non-hydrogen) atoms. The van der Waals surface area contributed by atoms with E-state index < -0.39 is 0 Å².